The highest BCUT2D eigenvalue weighted by molar-refractivity contribution is 6.13. The van der Waals surface area contributed by atoms with Gasteiger partial charge in [-0.2, -0.15) is 0 Å². The number of hydrogen-bond acceptors (Lipinski definition) is 6. The fourth-order valence-electron chi connectivity index (χ4n) is 5.93. The Morgan fingerprint density at radius 3 is 2.58 bits per heavy atom. The maximum Gasteiger partial charge on any atom is 0.347 e. The van der Waals surface area contributed by atoms with Crippen molar-refractivity contribution in [1.82, 2.24) is 13.9 Å². The van der Waals surface area contributed by atoms with Crippen LogP contribution in [0.15, 0.2) is 51.1 Å². The maximum absolute atomic E-state index is 13.5. The van der Waals surface area contributed by atoms with Crippen LogP contribution in [0.25, 0.3) is 0 Å². The van der Waals surface area contributed by atoms with Gasteiger partial charge in [0.05, 0.1) is 25.1 Å². The van der Waals surface area contributed by atoms with Crippen LogP contribution in [0.1, 0.15) is 37.8 Å². The van der Waals surface area contributed by atoms with E-state index in [-0.39, 0.29) is 30.3 Å². The minimum absolute atomic E-state index is 0.0113. The van der Waals surface area contributed by atoms with Gasteiger partial charge in [-0.05, 0) is 36.6 Å². The molecule has 172 valence electrons. The van der Waals surface area contributed by atoms with Crippen LogP contribution in [0.4, 0.5) is 0 Å². The van der Waals surface area contributed by atoms with E-state index in [1.54, 1.807) is 19.9 Å². The van der Waals surface area contributed by atoms with Gasteiger partial charge >= 0.3 is 11.4 Å². The summed E-state index contributed by atoms with van der Waals surface area (Å²) in [5.74, 6) is -1.17. The lowest BCUT2D eigenvalue weighted by atomic mass is 9.51. The van der Waals surface area contributed by atoms with Gasteiger partial charge in [-0.1, -0.05) is 19.1 Å². The van der Waals surface area contributed by atoms with Crippen molar-refractivity contribution in [1.29, 1.82) is 0 Å². The average molecular weight is 451 g/mol. The number of ether oxygens (including phenoxy) is 1. The Balaban J connectivity index is 1.82. The zero-order valence-corrected chi connectivity index (χ0v) is 18.9. The van der Waals surface area contributed by atoms with Crippen LogP contribution in [0.3, 0.4) is 0 Å². The zero-order valence-electron chi connectivity index (χ0n) is 18.9. The highest BCUT2D eigenvalue weighted by Gasteiger charge is 2.59. The largest absolute Gasteiger partial charge is 0.508 e. The number of nitrogens with zero attached hydrogens (tertiary/aromatic N) is 3. The number of phenolic OH excluding ortho intramolecular Hbond substituents is 1. The molecule has 0 saturated heterocycles. The second-order valence-corrected chi connectivity index (χ2v) is 9.26. The number of aromatic hydroxyl groups is 1. The number of carbonyl (C=O) groups is 2. The van der Waals surface area contributed by atoms with E-state index >= 15 is 0 Å². The third-order valence-corrected chi connectivity index (χ3v) is 7.66. The SMILES string of the molecule is COc1cc(O)ccc1[C@H]1C2=CCn3c(=O)n(C)c(=O)n3[C@@H]2C[C@H]2C(=O)C(C)=CC(=O)[C@@]12C. The third-order valence-electron chi connectivity index (χ3n) is 7.66. The second-order valence-electron chi connectivity index (χ2n) is 9.26. The Hall–Kier alpha value is -3.62. The molecule has 0 unspecified atom stereocenters. The summed E-state index contributed by atoms with van der Waals surface area (Å²) in [5.41, 5.74) is -0.168. The highest BCUT2D eigenvalue weighted by Crippen LogP contribution is 2.60. The molecule has 0 spiro atoms. The van der Waals surface area contributed by atoms with Crippen molar-refractivity contribution in [2.75, 3.05) is 7.11 Å². The Kier molecular flexibility index (Phi) is 4.46. The molecule has 33 heavy (non-hydrogen) atoms. The summed E-state index contributed by atoms with van der Waals surface area (Å²) in [7, 11) is 2.91. The molecule has 1 aliphatic heterocycles. The molecule has 2 aliphatic carbocycles. The van der Waals surface area contributed by atoms with E-state index in [1.165, 1.54) is 41.7 Å². The van der Waals surface area contributed by atoms with Gasteiger partial charge in [0.15, 0.2) is 11.6 Å². The quantitative estimate of drug-likeness (QED) is 0.692. The molecule has 9 nitrogen and oxygen atoms in total. The van der Waals surface area contributed by atoms with Gasteiger partial charge in [0.25, 0.3) is 0 Å². The van der Waals surface area contributed by atoms with E-state index in [0.29, 0.717) is 16.9 Å². The van der Waals surface area contributed by atoms with Crippen LogP contribution in [0.5, 0.6) is 11.5 Å². The fraction of sp³-hybridized carbons (Fsp3) is 0.417. The van der Waals surface area contributed by atoms with Crippen LogP contribution < -0.4 is 16.1 Å². The highest BCUT2D eigenvalue weighted by atomic mass is 16.5. The smallest absolute Gasteiger partial charge is 0.347 e. The first-order chi connectivity index (χ1) is 15.6. The average Bonchev–Trinajstić information content (AvgIpc) is 3.01. The minimum atomic E-state index is -1.11. The molecule has 5 rings (SSSR count). The minimum Gasteiger partial charge on any atom is -0.508 e. The number of benzene rings is 1. The Labute approximate surface area is 189 Å². The van der Waals surface area contributed by atoms with Crippen molar-refractivity contribution in [2.45, 2.75) is 38.8 Å². The summed E-state index contributed by atoms with van der Waals surface area (Å²) in [6.07, 6.45) is 3.53. The van der Waals surface area contributed by atoms with E-state index in [2.05, 4.69) is 0 Å². The molecule has 3 aliphatic rings. The van der Waals surface area contributed by atoms with Crippen molar-refractivity contribution < 1.29 is 19.4 Å². The first kappa shape index (κ1) is 21.2. The molecule has 1 saturated carbocycles. The van der Waals surface area contributed by atoms with Crippen LogP contribution >= 0.6 is 0 Å². The van der Waals surface area contributed by atoms with Gasteiger partial charge in [-0.3, -0.25) is 9.59 Å². The number of methoxy groups -OCH3 is 1. The maximum atomic E-state index is 13.5. The number of allylic oxidation sites excluding steroid dienone is 4. The van der Waals surface area contributed by atoms with Crippen molar-refractivity contribution in [3.63, 3.8) is 0 Å². The summed E-state index contributed by atoms with van der Waals surface area (Å²) in [4.78, 5) is 52.5. The van der Waals surface area contributed by atoms with E-state index in [4.69, 9.17) is 4.74 Å². The fourth-order valence-corrected chi connectivity index (χ4v) is 5.93. The lowest BCUT2D eigenvalue weighted by molar-refractivity contribution is -0.139. The molecule has 2 aromatic rings. The van der Waals surface area contributed by atoms with Crippen LogP contribution in [0, 0.1) is 11.3 Å². The standard InChI is InChI=1S/C24H25N3O6/c1-12-9-19(29)24(2)16(21(12)30)11-17-14(7-8-26-22(31)25(3)23(32)27(17)26)20(24)15-6-5-13(28)10-18(15)33-4/h5-7,9-10,16-17,20,28H,8,11H2,1-4H3/t16-,17+,20+,24-/m0/s1. The van der Waals surface area contributed by atoms with Gasteiger partial charge in [0.2, 0.25) is 0 Å². The van der Waals surface area contributed by atoms with Crippen molar-refractivity contribution in [3.8, 4) is 11.5 Å². The molecule has 0 amide bonds. The second kappa shape index (κ2) is 6.94. The number of phenols is 1. The van der Waals surface area contributed by atoms with E-state index in [1.807, 2.05) is 6.08 Å². The first-order valence-electron chi connectivity index (χ1n) is 10.8. The monoisotopic (exact) mass is 451 g/mol. The molecule has 1 fully saturated rings. The van der Waals surface area contributed by atoms with Crippen LogP contribution in [-0.2, 0) is 23.2 Å². The molecule has 1 N–H and O–H groups in total. The lowest BCUT2D eigenvalue weighted by Gasteiger charge is -2.52. The molecule has 1 aromatic carbocycles. The van der Waals surface area contributed by atoms with Crippen molar-refractivity contribution in [3.05, 3.63) is 68.0 Å². The topological polar surface area (TPSA) is 113 Å². The van der Waals surface area contributed by atoms with Gasteiger partial charge in [-0.25, -0.2) is 23.5 Å². The summed E-state index contributed by atoms with van der Waals surface area (Å²) in [5, 5.41) is 10.0. The third kappa shape index (κ3) is 2.65. The molecule has 0 bridgehead atoms. The van der Waals surface area contributed by atoms with E-state index < -0.39 is 34.7 Å². The first-order valence-corrected chi connectivity index (χ1v) is 10.8. The Morgan fingerprint density at radius 2 is 1.88 bits per heavy atom. The molecule has 4 atom stereocenters. The molecule has 1 aromatic heterocycles. The van der Waals surface area contributed by atoms with Crippen molar-refractivity contribution >= 4 is 11.6 Å². The zero-order chi connectivity index (χ0) is 23.8. The molecule has 2 heterocycles. The number of hydrogen-bond donors (Lipinski definition) is 1. The van der Waals surface area contributed by atoms with E-state index in [9.17, 15) is 24.3 Å². The number of carbonyl (C=O) groups excluding carboxylic acids is 2. The number of fused-ring (bicyclic) bond motifs is 4. The predicted molar refractivity (Wildman–Crippen MR) is 118 cm³/mol. The summed E-state index contributed by atoms with van der Waals surface area (Å²) in [6.45, 7) is 3.60. The van der Waals surface area contributed by atoms with Crippen LogP contribution in [0.2, 0.25) is 0 Å². The normalized spacial score (nSPS) is 28.4. The van der Waals surface area contributed by atoms with Crippen molar-refractivity contribution in [2.24, 2.45) is 18.4 Å². The Morgan fingerprint density at radius 1 is 1.15 bits per heavy atom. The lowest BCUT2D eigenvalue weighted by Crippen LogP contribution is -2.54. The number of rotatable bonds is 2. The molecule has 0 radical (unpaired) electrons. The Bertz CT molecular complexity index is 1400. The molecule has 9 heteroatoms. The van der Waals surface area contributed by atoms with Gasteiger partial charge < -0.3 is 9.84 Å². The van der Waals surface area contributed by atoms with Gasteiger partial charge in [0, 0.05) is 30.5 Å². The summed E-state index contributed by atoms with van der Waals surface area (Å²) in [6, 6.07) is 4.12. The number of aromatic nitrogens is 3. The summed E-state index contributed by atoms with van der Waals surface area (Å²) >= 11 is 0. The van der Waals surface area contributed by atoms with Gasteiger partial charge in [0.1, 0.15) is 11.5 Å². The molecular weight excluding hydrogens is 426 g/mol. The number of ketones is 2. The molecular formula is C24H25N3O6. The summed E-state index contributed by atoms with van der Waals surface area (Å²) < 4.78 is 9.41. The van der Waals surface area contributed by atoms with E-state index in [0.717, 1.165) is 10.1 Å². The van der Waals surface area contributed by atoms with Crippen LogP contribution in [-0.4, -0.2) is 37.7 Å². The number of Topliss-reactive ketones (excluding diaryl/α,β-unsaturated/α-hetero) is 1. The predicted octanol–water partition coefficient (Wildman–Crippen LogP) is 1.45. The van der Waals surface area contributed by atoms with Gasteiger partial charge in [-0.15, -0.1) is 0 Å².